The van der Waals surface area contributed by atoms with Crippen LogP contribution in [0.4, 0.5) is 0 Å². The third-order valence-corrected chi connectivity index (χ3v) is 3.20. The molecule has 1 aromatic heterocycles. The van der Waals surface area contributed by atoms with Crippen LogP contribution in [0.2, 0.25) is 0 Å². The van der Waals surface area contributed by atoms with E-state index in [0.29, 0.717) is 0 Å². The first kappa shape index (κ1) is 13.3. The number of hydrogen-bond acceptors (Lipinski definition) is 4. The summed E-state index contributed by atoms with van der Waals surface area (Å²) in [6.07, 6.45) is 2.59. The lowest BCUT2D eigenvalue weighted by Crippen LogP contribution is -2.42. The maximum atomic E-state index is 12.2. The summed E-state index contributed by atoms with van der Waals surface area (Å²) >= 11 is 0. The Kier molecular flexibility index (Phi) is 3.66. The van der Waals surface area contributed by atoms with Crippen molar-refractivity contribution in [2.45, 2.75) is 18.6 Å². The Bertz CT molecular complexity index is 553. The van der Waals surface area contributed by atoms with E-state index in [9.17, 15) is 14.4 Å². The number of amides is 1. The zero-order valence-electron chi connectivity index (χ0n) is 10.3. The number of pyridine rings is 1. The van der Waals surface area contributed by atoms with Gasteiger partial charge in [0.2, 0.25) is 0 Å². The maximum Gasteiger partial charge on any atom is 0.326 e. The van der Waals surface area contributed by atoms with E-state index in [0.717, 1.165) is 0 Å². The Hall–Kier alpha value is -2.15. The molecule has 0 bridgehead atoms. The van der Waals surface area contributed by atoms with E-state index in [-0.39, 0.29) is 24.6 Å². The number of aliphatic carboxylic acids is 1. The largest absolute Gasteiger partial charge is 0.480 e. The maximum absolute atomic E-state index is 12.2. The number of carbonyl (C=O) groups is 2. The van der Waals surface area contributed by atoms with Crippen LogP contribution in [0, 0.1) is 0 Å². The molecular formula is C12H14N2O5. The molecule has 7 nitrogen and oxygen atoms in total. The normalized spacial score (nSPS) is 22.5. The third-order valence-electron chi connectivity index (χ3n) is 3.20. The van der Waals surface area contributed by atoms with Gasteiger partial charge in [0, 0.05) is 38.5 Å². The van der Waals surface area contributed by atoms with Crippen molar-refractivity contribution in [2.24, 2.45) is 0 Å². The summed E-state index contributed by atoms with van der Waals surface area (Å²) in [5.41, 5.74) is -0.501. The standard InChI is InChI=1S/C12H14N2O5/c1-19-7-4-9(12(17)18)14(6-7)11(16)8-5-13-3-2-10(8)15/h2-3,5,7,9H,4,6H2,1H3,(H,13,15)(H,17,18). The van der Waals surface area contributed by atoms with Crippen molar-refractivity contribution in [3.05, 3.63) is 34.2 Å². The van der Waals surface area contributed by atoms with Crippen LogP contribution >= 0.6 is 0 Å². The van der Waals surface area contributed by atoms with E-state index in [1.165, 1.54) is 30.5 Å². The second-order valence-corrected chi connectivity index (χ2v) is 4.33. The van der Waals surface area contributed by atoms with Crippen LogP contribution in [0.1, 0.15) is 16.8 Å². The van der Waals surface area contributed by atoms with Crippen LogP contribution in [0.3, 0.4) is 0 Å². The van der Waals surface area contributed by atoms with E-state index in [1.54, 1.807) is 0 Å². The van der Waals surface area contributed by atoms with Gasteiger partial charge < -0.3 is 19.7 Å². The van der Waals surface area contributed by atoms with Crippen molar-refractivity contribution in [3.8, 4) is 0 Å². The minimum Gasteiger partial charge on any atom is -0.480 e. The van der Waals surface area contributed by atoms with Gasteiger partial charge in [-0.05, 0) is 0 Å². The Morgan fingerprint density at radius 3 is 2.84 bits per heavy atom. The minimum atomic E-state index is -1.10. The zero-order chi connectivity index (χ0) is 14.0. The van der Waals surface area contributed by atoms with Crippen LogP contribution in [0.5, 0.6) is 0 Å². The number of nitrogens with one attached hydrogen (secondary N) is 1. The fourth-order valence-electron chi connectivity index (χ4n) is 2.16. The van der Waals surface area contributed by atoms with Crippen molar-refractivity contribution < 1.29 is 19.4 Å². The van der Waals surface area contributed by atoms with Crippen molar-refractivity contribution in [1.82, 2.24) is 9.88 Å². The molecule has 102 valence electrons. The van der Waals surface area contributed by atoms with Crippen LogP contribution in [-0.2, 0) is 9.53 Å². The van der Waals surface area contributed by atoms with Gasteiger partial charge >= 0.3 is 5.97 Å². The number of carboxylic acid groups (broad SMARTS) is 1. The van der Waals surface area contributed by atoms with Crippen molar-refractivity contribution in [1.29, 1.82) is 0 Å². The Balaban J connectivity index is 2.30. The molecule has 0 aliphatic carbocycles. The molecule has 0 saturated carbocycles. The molecule has 2 heterocycles. The number of nitrogens with zero attached hydrogens (tertiary/aromatic N) is 1. The van der Waals surface area contributed by atoms with Crippen LogP contribution in [0.25, 0.3) is 0 Å². The van der Waals surface area contributed by atoms with Gasteiger partial charge in [0.05, 0.1) is 6.10 Å². The molecule has 2 N–H and O–H groups in total. The molecule has 1 fully saturated rings. The number of H-pyrrole nitrogens is 1. The Morgan fingerprint density at radius 2 is 2.26 bits per heavy atom. The van der Waals surface area contributed by atoms with E-state index in [4.69, 9.17) is 9.84 Å². The molecule has 0 aromatic carbocycles. The van der Waals surface area contributed by atoms with Crippen molar-refractivity contribution in [3.63, 3.8) is 0 Å². The fraction of sp³-hybridized carbons (Fsp3) is 0.417. The number of rotatable bonds is 3. The number of aromatic nitrogens is 1. The van der Waals surface area contributed by atoms with Gasteiger partial charge in [-0.15, -0.1) is 0 Å². The predicted octanol–water partition coefficient (Wildman–Crippen LogP) is -0.311. The number of aromatic amines is 1. The summed E-state index contributed by atoms with van der Waals surface area (Å²) in [4.78, 5) is 38.8. The summed E-state index contributed by atoms with van der Waals surface area (Å²) in [6.45, 7) is 0.167. The van der Waals surface area contributed by atoms with Crippen LogP contribution in [-0.4, -0.2) is 52.7 Å². The lowest BCUT2D eigenvalue weighted by Gasteiger charge is -2.20. The van der Waals surface area contributed by atoms with Crippen molar-refractivity contribution in [2.75, 3.05) is 13.7 Å². The van der Waals surface area contributed by atoms with E-state index >= 15 is 0 Å². The molecule has 1 amide bonds. The molecule has 1 aliphatic heterocycles. The SMILES string of the molecule is COC1CC(C(=O)O)N(C(=O)c2c[nH]ccc2=O)C1. The zero-order valence-corrected chi connectivity index (χ0v) is 10.3. The molecule has 1 aromatic rings. The number of carboxylic acids is 1. The lowest BCUT2D eigenvalue weighted by molar-refractivity contribution is -0.141. The number of methoxy groups -OCH3 is 1. The van der Waals surface area contributed by atoms with Gasteiger partial charge in [-0.3, -0.25) is 9.59 Å². The Morgan fingerprint density at radius 1 is 1.53 bits per heavy atom. The average Bonchev–Trinajstić information content (AvgIpc) is 2.83. The molecular weight excluding hydrogens is 252 g/mol. The number of ether oxygens (including phenoxy) is 1. The van der Waals surface area contributed by atoms with E-state index in [1.807, 2.05) is 0 Å². The smallest absolute Gasteiger partial charge is 0.326 e. The average molecular weight is 266 g/mol. The second kappa shape index (κ2) is 5.23. The van der Waals surface area contributed by atoms with Gasteiger partial charge in [0.15, 0.2) is 5.43 Å². The Labute approximate surface area is 108 Å². The highest BCUT2D eigenvalue weighted by molar-refractivity contribution is 5.96. The molecule has 2 rings (SSSR count). The molecule has 0 spiro atoms. The summed E-state index contributed by atoms with van der Waals surface area (Å²) in [7, 11) is 1.47. The van der Waals surface area contributed by atoms with Gasteiger partial charge in [0.25, 0.3) is 5.91 Å². The van der Waals surface area contributed by atoms with E-state index < -0.39 is 23.3 Å². The van der Waals surface area contributed by atoms with Gasteiger partial charge in [0.1, 0.15) is 11.6 Å². The highest BCUT2D eigenvalue weighted by Gasteiger charge is 2.40. The number of hydrogen-bond donors (Lipinski definition) is 2. The highest BCUT2D eigenvalue weighted by atomic mass is 16.5. The van der Waals surface area contributed by atoms with Gasteiger partial charge in [-0.2, -0.15) is 0 Å². The third kappa shape index (κ3) is 2.50. The summed E-state index contributed by atoms with van der Waals surface area (Å²) in [5, 5.41) is 9.13. The summed E-state index contributed by atoms with van der Waals surface area (Å²) in [6, 6.07) is 0.268. The molecule has 2 atom stereocenters. The number of likely N-dealkylation sites (tertiary alicyclic amines) is 1. The molecule has 0 radical (unpaired) electrons. The first-order chi connectivity index (χ1) is 9.04. The van der Waals surface area contributed by atoms with E-state index in [2.05, 4.69) is 4.98 Å². The molecule has 1 aliphatic rings. The second-order valence-electron chi connectivity index (χ2n) is 4.33. The monoisotopic (exact) mass is 266 g/mol. The molecule has 2 unspecified atom stereocenters. The number of carbonyl (C=O) groups excluding carboxylic acids is 1. The van der Waals surface area contributed by atoms with Crippen molar-refractivity contribution >= 4 is 11.9 Å². The summed E-state index contributed by atoms with van der Waals surface area (Å²) < 4.78 is 5.09. The molecule has 19 heavy (non-hydrogen) atoms. The lowest BCUT2D eigenvalue weighted by atomic mass is 10.2. The van der Waals surface area contributed by atoms with Gasteiger partial charge in [-0.25, -0.2) is 4.79 Å². The van der Waals surface area contributed by atoms with Crippen LogP contribution in [0.15, 0.2) is 23.3 Å². The van der Waals surface area contributed by atoms with Gasteiger partial charge in [-0.1, -0.05) is 0 Å². The summed E-state index contributed by atoms with van der Waals surface area (Å²) in [5.74, 6) is -1.69. The quantitative estimate of drug-likeness (QED) is 0.781. The minimum absolute atomic E-state index is 0.0643. The molecule has 1 saturated heterocycles. The fourth-order valence-corrected chi connectivity index (χ4v) is 2.16. The molecule has 7 heteroatoms. The predicted molar refractivity (Wildman–Crippen MR) is 64.9 cm³/mol. The first-order valence-electron chi connectivity index (χ1n) is 5.78. The highest BCUT2D eigenvalue weighted by Crippen LogP contribution is 2.21. The first-order valence-corrected chi connectivity index (χ1v) is 5.78. The van der Waals surface area contributed by atoms with Crippen LogP contribution < -0.4 is 5.43 Å². The topological polar surface area (TPSA) is 99.7 Å².